The minimum absolute atomic E-state index is 0.0984. The Morgan fingerprint density at radius 1 is 1.60 bits per heavy atom. The molecular weight excluding hydrogens is 238 g/mol. The highest BCUT2D eigenvalue weighted by molar-refractivity contribution is 7.71. The second-order valence-electron chi connectivity index (χ2n) is 3.15. The fraction of sp³-hybridized carbons (Fsp3) is 0.429. The Kier molecular flexibility index (Phi) is 2.57. The van der Waals surface area contributed by atoms with Crippen molar-refractivity contribution in [1.82, 2.24) is 15.0 Å². The van der Waals surface area contributed by atoms with Crippen molar-refractivity contribution in [2.75, 3.05) is 17.2 Å². The van der Waals surface area contributed by atoms with E-state index in [4.69, 9.17) is 29.6 Å². The number of hydrogen-bond donors (Lipinski definition) is 2. The summed E-state index contributed by atoms with van der Waals surface area (Å²) in [6.07, 6.45) is 0.298. The average Bonchev–Trinajstić information content (AvgIpc) is 2.43. The molecule has 1 unspecified atom stereocenters. The maximum Gasteiger partial charge on any atom is 0.230 e. The maximum absolute atomic E-state index is 11.5. The van der Waals surface area contributed by atoms with Crippen molar-refractivity contribution >= 4 is 41.6 Å². The van der Waals surface area contributed by atoms with Crippen molar-refractivity contribution in [1.29, 1.82) is 0 Å². The van der Waals surface area contributed by atoms with E-state index in [-0.39, 0.29) is 22.0 Å². The van der Waals surface area contributed by atoms with Gasteiger partial charge < -0.3 is 5.73 Å². The molecule has 8 heteroatoms. The quantitative estimate of drug-likeness (QED) is 0.554. The maximum atomic E-state index is 11.5. The number of nitrogens with two attached hydrogens (primary N) is 1. The molecule has 3 N–H and O–H groups in total. The lowest BCUT2D eigenvalue weighted by atomic mass is 10.4. The third-order valence-corrected chi connectivity index (χ3v) is 2.47. The highest BCUT2D eigenvalue weighted by Crippen LogP contribution is 2.20. The van der Waals surface area contributed by atoms with E-state index in [0.717, 1.165) is 0 Å². The van der Waals surface area contributed by atoms with E-state index in [0.29, 0.717) is 18.9 Å². The van der Waals surface area contributed by atoms with Crippen molar-refractivity contribution < 1.29 is 4.79 Å². The van der Waals surface area contributed by atoms with Gasteiger partial charge in [0.2, 0.25) is 22.6 Å². The lowest BCUT2D eigenvalue weighted by Crippen LogP contribution is -2.27. The molecule has 1 aliphatic rings. The standard InChI is InChI=1S/C7H8ClN5OS/c8-3-1-4(14)13(2-3)6-10-5(9)11-7(15)12-6/h3H,1-2H2,(H3,9,10,11,12,15). The Morgan fingerprint density at radius 2 is 2.33 bits per heavy atom. The van der Waals surface area contributed by atoms with Crippen LogP contribution in [0.15, 0.2) is 0 Å². The van der Waals surface area contributed by atoms with Crippen molar-refractivity contribution in [2.45, 2.75) is 11.8 Å². The van der Waals surface area contributed by atoms with Gasteiger partial charge in [0.25, 0.3) is 0 Å². The van der Waals surface area contributed by atoms with E-state index < -0.39 is 0 Å². The van der Waals surface area contributed by atoms with Crippen molar-refractivity contribution in [3.63, 3.8) is 0 Å². The number of carbonyl (C=O) groups is 1. The fourth-order valence-corrected chi connectivity index (χ4v) is 1.84. The lowest BCUT2D eigenvalue weighted by Gasteiger charge is -2.13. The third-order valence-electron chi connectivity index (χ3n) is 1.99. The second-order valence-corrected chi connectivity index (χ2v) is 4.13. The number of nitrogens with zero attached hydrogens (tertiary/aromatic N) is 3. The van der Waals surface area contributed by atoms with Crippen LogP contribution in [-0.4, -0.2) is 32.8 Å². The third kappa shape index (κ3) is 2.07. The van der Waals surface area contributed by atoms with E-state index >= 15 is 0 Å². The number of aromatic amines is 1. The van der Waals surface area contributed by atoms with Crippen LogP contribution in [-0.2, 0) is 4.79 Å². The molecule has 1 aromatic heterocycles. The number of H-pyrrole nitrogens is 1. The molecule has 0 radical (unpaired) electrons. The first kappa shape index (κ1) is 10.3. The molecule has 80 valence electrons. The molecule has 1 aliphatic heterocycles. The molecule has 1 saturated heterocycles. The molecule has 6 nitrogen and oxygen atoms in total. The Labute approximate surface area is 95.5 Å². The first-order valence-corrected chi connectivity index (χ1v) is 5.09. The molecule has 2 heterocycles. The Balaban J connectivity index is 2.37. The first-order chi connectivity index (χ1) is 7.06. The number of anilines is 2. The van der Waals surface area contributed by atoms with Crippen LogP contribution >= 0.6 is 23.8 Å². The minimum atomic E-state index is -0.198. The van der Waals surface area contributed by atoms with Crippen LogP contribution in [0.5, 0.6) is 0 Å². The molecular formula is C7H8ClN5OS. The number of hydrogen-bond acceptors (Lipinski definition) is 5. The van der Waals surface area contributed by atoms with Gasteiger partial charge in [-0.25, -0.2) is 0 Å². The van der Waals surface area contributed by atoms with Gasteiger partial charge in [0.1, 0.15) is 0 Å². The van der Waals surface area contributed by atoms with E-state index in [2.05, 4.69) is 15.0 Å². The minimum Gasteiger partial charge on any atom is -0.369 e. The number of rotatable bonds is 1. The monoisotopic (exact) mass is 245 g/mol. The lowest BCUT2D eigenvalue weighted by molar-refractivity contribution is -0.117. The molecule has 0 bridgehead atoms. The van der Waals surface area contributed by atoms with Gasteiger partial charge >= 0.3 is 0 Å². The highest BCUT2D eigenvalue weighted by Gasteiger charge is 2.30. The summed E-state index contributed by atoms with van der Waals surface area (Å²) in [7, 11) is 0. The van der Waals surface area contributed by atoms with Crippen LogP contribution < -0.4 is 10.6 Å². The van der Waals surface area contributed by atoms with E-state index in [9.17, 15) is 4.79 Å². The average molecular weight is 246 g/mol. The Bertz CT molecular complexity index is 461. The van der Waals surface area contributed by atoms with Gasteiger partial charge in [0.15, 0.2) is 0 Å². The van der Waals surface area contributed by atoms with Gasteiger partial charge in [-0.1, -0.05) is 0 Å². The van der Waals surface area contributed by atoms with Gasteiger partial charge in [0, 0.05) is 13.0 Å². The number of aromatic nitrogens is 3. The summed E-state index contributed by atoms with van der Waals surface area (Å²) in [5.41, 5.74) is 5.46. The van der Waals surface area contributed by atoms with Gasteiger partial charge in [-0.15, -0.1) is 11.6 Å². The molecule has 0 aromatic carbocycles. The zero-order valence-electron chi connectivity index (χ0n) is 7.61. The van der Waals surface area contributed by atoms with Crippen molar-refractivity contribution in [2.24, 2.45) is 0 Å². The Morgan fingerprint density at radius 3 is 2.87 bits per heavy atom. The molecule has 1 aromatic rings. The summed E-state index contributed by atoms with van der Waals surface area (Å²) < 4.78 is 0.104. The predicted octanol–water partition coefficient (Wildman–Crippen LogP) is 0.460. The second kappa shape index (κ2) is 3.74. The highest BCUT2D eigenvalue weighted by atomic mass is 35.5. The molecule has 0 saturated carbocycles. The fourth-order valence-electron chi connectivity index (χ4n) is 1.39. The summed E-state index contributed by atoms with van der Waals surface area (Å²) in [6.45, 7) is 0.405. The van der Waals surface area contributed by atoms with Crippen LogP contribution in [0.3, 0.4) is 0 Å². The van der Waals surface area contributed by atoms with Gasteiger partial charge in [-0.05, 0) is 12.2 Å². The normalized spacial score (nSPS) is 21.0. The van der Waals surface area contributed by atoms with Crippen LogP contribution in [0.1, 0.15) is 6.42 Å². The zero-order chi connectivity index (χ0) is 11.0. The van der Waals surface area contributed by atoms with Crippen LogP contribution in [0.4, 0.5) is 11.9 Å². The zero-order valence-corrected chi connectivity index (χ0v) is 9.18. The van der Waals surface area contributed by atoms with Gasteiger partial charge in [-0.3, -0.25) is 14.7 Å². The number of carbonyl (C=O) groups excluding carboxylic acids is 1. The van der Waals surface area contributed by atoms with Gasteiger partial charge in [0.05, 0.1) is 5.38 Å². The van der Waals surface area contributed by atoms with E-state index in [1.165, 1.54) is 4.90 Å². The van der Waals surface area contributed by atoms with E-state index in [1.54, 1.807) is 0 Å². The smallest absolute Gasteiger partial charge is 0.230 e. The van der Waals surface area contributed by atoms with Crippen molar-refractivity contribution in [3.05, 3.63) is 4.77 Å². The van der Waals surface area contributed by atoms with Crippen molar-refractivity contribution in [3.8, 4) is 0 Å². The molecule has 0 aliphatic carbocycles. The Hall–Kier alpha value is -1.21. The summed E-state index contributed by atoms with van der Waals surface area (Å²) in [4.78, 5) is 23.2. The largest absolute Gasteiger partial charge is 0.369 e. The van der Waals surface area contributed by atoms with Crippen LogP contribution in [0.25, 0.3) is 0 Å². The number of amides is 1. The summed E-state index contributed by atoms with van der Waals surface area (Å²) in [5, 5.41) is -0.198. The molecule has 1 atom stereocenters. The topological polar surface area (TPSA) is 87.9 Å². The predicted molar refractivity (Wildman–Crippen MR) is 58.2 cm³/mol. The molecule has 1 amide bonds. The summed E-state index contributed by atoms with van der Waals surface area (Å²) in [5.74, 6) is 0.343. The van der Waals surface area contributed by atoms with E-state index in [1.807, 2.05) is 0 Å². The SMILES string of the molecule is Nc1nc(=S)nc(N2CC(Cl)CC2=O)[nH]1. The first-order valence-electron chi connectivity index (χ1n) is 4.24. The van der Waals surface area contributed by atoms with Crippen LogP contribution in [0, 0.1) is 4.77 Å². The molecule has 0 spiro atoms. The number of alkyl halides is 1. The van der Waals surface area contributed by atoms with Gasteiger partial charge in [-0.2, -0.15) is 9.97 Å². The summed E-state index contributed by atoms with van der Waals surface area (Å²) in [6, 6.07) is 0. The molecule has 1 fully saturated rings. The number of nitrogens with one attached hydrogen (secondary N) is 1. The van der Waals surface area contributed by atoms with Crippen LogP contribution in [0.2, 0.25) is 0 Å². The summed E-state index contributed by atoms with van der Waals surface area (Å²) >= 11 is 10.7. The molecule has 15 heavy (non-hydrogen) atoms. The number of halogens is 1. The molecule has 2 rings (SSSR count). The number of nitrogen functional groups attached to an aromatic ring is 1.